The van der Waals surface area contributed by atoms with Gasteiger partial charge in [0.2, 0.25) is 5.91 Å². The van der Waals surface area contributed by atoms with Crippen LogP contribution in [0.15, 0.2) is 30.3 Å². The van der Waals surface area contributed by atoms with Gasteiger partial charge in [-0.15, -0.1) is 0 Å². The maximum atomic E-state index is 12.1. The van der Waals surface area contributed by atoms with Gasteiger partial charge in [0.25, 0.3) is 5.91 Å². The first-order valence-corrected chi connectivity index (χ1v) is 7.64. The van der Waals surface area contributed by atoms with E-state index < -0.39 is 0 Å². The summed E-state index contributed by atoms with van der Waals surface area (Å²) in [7, 11) is 0. The van der Waals surface area contributed by atoms with E-state index in [0.717, 1.165) is 5.69 Å². The number of aromatic nitrogens is 2. The molecule has 1 heterocycles. The van der Waals surface area contributed by atoms with Crippen molar-refractivity contribution in [3.05, 3.63) is 47.3 Å². The predicted octanol–water partition coefficient (Wildman–Crippen LogP) is 1.78. The highest BCUT2D eigenvalue weighted by Crippen LogP contribution is 2.11. The molecule has 0 saturated carbocycles. The lowest BCUT2D eigenvalue weighted by molar-refractivity contribution is -0.115. The van der Waals surface area contributed by atoms with Gasteiger partial charge in [-0.25, -0.2) is 0 Å². The smallest absolute Gasteiger partial charge is 0.269 e. The van der Waals surface area contributed by atoms with Crippen molar-refractivity contribution in [3.8, 4) is 0 Å². The lowest BCUT2D eigenvalue weighted by Gasteiger charge is -2.08. The minimum atomic E-state index is -0.372. The third-order valence-corrected chi connectivity index (χ3v) is 3.40. The molecule has 2 amide bonds. The summed E-state index contributed by atoms with van der Waals surface area (Å²) < 4.78 is 1.58. The van der Waals surface area contributed by atoms with Gasteiger partial charge in [0.1, 0.15) is 5.69 Å². The molecular weight excluding hydrogens is 308 g/mol. The summed E-state index contributed by atoms with van der Waals surface area (Å²) in [6.07, 6.45) is 0. The normalized spacial score (nSPS) is 10.3. The molecule has 2 rings (SSSR count). The maximum Gasteiger partial charge on any atom is 0.269 e. The van der Waals surface area contributed by atoms with Crippen LogP contribution in [0.2, 0.25) is 0 Å². The number of aryl methyl sites for hydroxylation is 2. The van der Waals surface area contributed by atoms with Crippen molar-refractivity contribution in [1.82, 2.24) is 15.1 Å². The van der Waals surface area contributed by atoms with Gasteiger partial charge in [-0.2, -0.15) is 5.10 Å². The number of carbonyl (C=O) groups excluding carboxylic acids is 3. The van der Waals surface area contributed by atoms with E-state index in [1.165, 1.54) is 6.92 Å². The van der Waals surface area contributed by atoms with Gasteiger partial charge in [-0.05, 0) is 39.0 Å². The Balaban J connectivity index is 1.94. The summed E-state index contributed by atoms with van der Waals surface area (Å²) >= 11 is 0. The number of ketones is 1. The fraction of sp³-hybridized carbons (Fsp3) is 0.294. The van der Waals surface area contributed by atoms with Gasteiger partial charge in [-0.1, -0.05) is 12.1 Å². The largest absolute Gasteiger partial charge is 0.342 e. The quantitative estimate of drug-likeness (QED) is 0.791. The summed E-state index contributed by atoms with van der Waals surface area (Å²) in [6.45, 7) is 5.55. The van der Waals surface area contributed by atoms with Gasteiger partial charge in [0.15, 0.2) is 5.78 Å². The van der Waals surface area contributed by atoms with Gasteiger partial charge in [0, 0.05) is 17.8 Å². The highest BCUT2D eigenvalue weighted by molar-refractivity contribution is 6.00. The van der Waals surface area contributed by atoms with E-state index in [4.69, 9.17) is 0 Å². The van der Waals surface area contributed by atoms with E-state index in [1.807, 2.05) is 6.92 Å². The number of nitrogens with one attached hydrogen (secondary N) is 2. The highest BCUT2D eigenvalue weighted by Gasteiger charge is 2.14. The van der Waals surface area contributed by atoms with Crippen LogP contribution in [0.3, 0.4) is 0 Å². The summed E-state index contributed by atoms with van der Waals surface area (Å²) in [4.78, 5) is 35.4. The van der Waals surface area contributed by atoms with Gasteiger partial charge >= 0.3 is 0 Å². The molecule has 0 unspecified atom stereocenters. The maximum absolute atomic E-state index is 12.1. The average molecular weight is 328 g/mol. The first kappa shape index (κ1) is 17.4. The van der Waals surface area contributed by atoms with Gasteiger partial charge in [0.05, 0.1) is 12.2 Å². The van der Waals surface area contributed by atoms with E-state index in [-0.39, 0.29) is 24.1 Å². The molecular formula is C17H20N4O3. The molecule has 0 spiro atoms. The predicted molar refractivity (Wildman–Crippen MR) is 90.0 cm³/mol. The zero-order valence-electron chi connectivity index (χ0n) is 13.9. The molecule has 0 fully saturated rings. The van der Waals surface area contributed by atoms with Crippen molar-refractivity contribution >= 4 is 23.3 Å². The Hall–Kier alpha value is -2.96. The number of amides is 2. The standard InChI is InChI=1S/C17H20N4O3/c1-4-21-15(8-11(2)20-21)17(24)18-10-16(23)19-14-7-5-6-13(9-14)12(3)22/h5-9H,4,10H2,1-3H3,(H,18,24)(H,19,23). The van der Waals surface area contributed by atoms with E-state index in [0.29, 0.717) is 23.5 Å². The molecule has 24 heavy (non-hydrogen) atoms. The van der Waals surface area contributed by atoms with Crippen LogP contribution >= 0.6 is 0 Å². The van der Waals surface area contributed by atoms with Crippen LogP contribution in [0.4, 0.5) is 5.69 Å². The number of nitrogens with zero attached hydrogens (tertiary/aromatic N) is 2. The van der Waals surface area contributed by atoms with Crippen LogP contribution in [-0.4, -0.2) is 33.9 Å². The second kappa shape index (κ2) is 7.54. The summed E-state index contributed by atoms with van der Waals surface area (Å²) in [5.41, 5.74) is 2.18. The fourth-order valence-corrected chi connectivity index (χ4v) is 2.24. The summed E-state index contributed by atoms with van der Waals surface area (Å²) in [5.74, 6) is -0.809. The zero-order chi connectivity index (χ0) is 17.7. The zero-order valence-corrected chi connectivity index (χ0v) is 13.9. The number of hydrogen-bond donors (Lipinski definition) is 2. The Morgan fingerprint density at radius 2 is 1.96 bits per heavy atom. The molecule has 0 aliphatic heterocycles. The fourth-order valence-electron chi connectivity index (χ4n) is 2.24. The molecule has 0 bridgehead atoms. The number of carbonyl (C=O) groups is 3. The second-order valence-corrected chi connectivity index (χ2v) is 5.35. The third kappa shape index (κ3) is 4.28. The van der Waals surface area contributed by atoms with Crippen molar-refractivity contribution in [2.24, 2.45) is 0 Å². The molecule has 0 radical (unpaired) electrons. The molecule has 0 atom stereocenters. The number of anilines is 1. The Kier molecular flexibility index (Phi) is 5.47. The Bertz CT molecular complexity index is 780. The number of hydrogen-bond acceptors (Lipinski definition) is 4. The van der Waals surface area contributed by atoms with E-state index in [2.05, 4.69) is 15.7 Å². The topological polar surface area (TPSA) is 93.1 Å². The average Bonchev–Trinajstić information content (AvgIpc) is 2.94. The molecule has 7 nitrogen and oxygen atoms in total. The van der Waals surface area contributed by atoms with Gasteiger partial charge in [-0.3, -0.25) is 19.1 Å². The Morgan fingerprint density at radius 3 is 2.62 bits per heavy atom. The minimum absolute atomic E-state index is 0.0809. The number of benzene rings is 1. The molecule has 0 saturated heterocycles. The van der Waals surface area contributed by atoms with Crippen LogP contribution in [0.25, 0.3) is 0 Å². The van der Waals surface area contributed by atoms with Crippen molar-refractivity contribution in [3.63, 3.8) is 0 Å². The first-order chi connectivity index (χ1) is 11.4. The number of Topliss-reactive ketones (excluding diaryl/α,β-unsaturated/α-hetero) is 1. The molecule has 0 aliphatic carbocycles. The lowest BCUT2D eigenvalue weighted by Crippen LogP contribution is -2.34. The molecule has 7 heteroatoms. The molecule has 0 aliphatic rings. The van der Waals surface area contributed by atoms with Crippen molar-refractivity contribution < 1.29 is 14.4 Å². The minimum Gasteiger partial charge on any atom is -0.342 e. The van der Waals surface area contributed by atoms with E-state index in [9.17, 15) is 14.4 Å². The second-order valence-electron chi connectivity index (χ2n) is 5.35. The monoisotopic (exact) mass is 328 g/mol. The van der Waals surface area contributed by atoms with Gasteiger partial charge < -0.3 is 10.6 Å². The Morgan fingerprint density at radius 1 is 1.21 bits per heavy atom. The van der Waals surface area contributed by atoms with Crippen molar-refractivity contribution in [1.29, 1.82) is 0 Å². The van der Waals surface area contributed by atoms with Crippen LogP contribution in [-0.2, 0) is 11.3 Å². The third-order valence-electron chi connectivity index (χ3n) is 3.40. The van der Waals surface area contributed by atoms with Crippen LogP contribution in [0.1, 0.15) is 40.4 Å². The molecule has 1 aromatic carbocycles. The first-order valence-electron chi connectivity index (χ1n) is 7.64. The Labute approximate surface area is 140 Å². The van der Waals surface area contributed by atoms with Crippen LogP contribution in [0.5, 0.6) is 0 Å². The molecule has 2 aromatic rings. The molecule has 1 aromatic heterocycles. The number of rotatable bonds is 6. The molecule has 126 valence electrons. The van der Waals surface area contributed by atoms with Crippen LogP contribution in [0, 0.1) is 6.92 Å². The van der Waals surface area contributed by atoms with Crippen molar-refractivity contribution in [2.45, 2.75) is 27.3 Å². The van der Waals surface area contributed by atoms with Crippen LogP contribution < -0.4 is 10.6 Å². The summed E-state index contributed by atoms with van der Waals surface area (Å²) in [6, 6.07) is 8.31. The SMILES string of the molecule is CCn1nc(C)cc1C(=O)NCC(=O)Nc1cccc(C(C)=O)c1. The molecule has 2 N–H and O–H groups in total. The van der Waals surface area contributed by atoms with E-state index in [1.54, 1.807) is 41.9 Å². The van der Waals surface area contributed by atoms with Crippen molar-refractivity contribution in [2.75, 3.05) is 11.9 Å². The summed E-state index contributed by atoms with van der Waals surface area (Å²) in [5, 5.41) is 9.41. The highest BCUT2D eigenvalue weighted by atomic mass is 16.2. The van der Waals surface area contributed by atoms with E-state index >= 15 is 0 Å². The lowest BCUT2D eigenvalue weighted by atomic mass is 10.1.